The molecule has 0 saturated carbocycles. The van der Waals surface area contributed by atoms with Gasteiger partial charge >= 0.3 is 5.97 Å². The van der Waals surface area contributed by atoms with Gasteiger partial charge in [0.05, 0.1) is 24.7 Å². The van der Waals surface area contributed by atoms with E-state index in [9.17, 15) is 9.59 Å². The number of anilines is 1. The summed E-state index contributed by atoms with van der Waals surface area (Å²) in [6.07, 6.45) is 1.34. The summed E-state index contributed by atoms with van der Waals surface area (Å²) in [5.41, 5.74) is 0.629. The van der Waals surface area contributed by atoms with Gasteiger partial charge in [0.25, 0.3) is 0 Å². The van der Waals surface area contributed by atoms with Crippen molar-refractivity contribution in [2.24, 2.45) is 5.92 Å². The van der Waals surface area contributed by atoms with Crippen LogP contribution in [0.2, 0.25) is 0 Å². The molecule has 21 heavy (non-hydrogen) atoms. The molecule has 2 N–H and O–H groups in total. The summed E-state index contributed by atoms with van der Waals surface area (Å²) in [5, 5.41) is 11.6. The van der Waals surface area contributed by atoms with Crippen LogP contribution < -0.4 is 5.32 Å². The fourth-order valence-corrected chi connectivity index (χ4v) is 2.04. The topological polar surface area (TPSA) is 75.6 Å². The van der Waals surface area contributed by atoms with Crippen LogP contribution in [0.15, 0.2) is 24.3 Å². The van der Waals surface area contributed by atoms with Crippen molar-refractivity contribution in [3.8, 4) is 0 Å². The van der Waals surface area contributed by atoms with E-state index in [4.69, 9.17) is 9.84 Å². The number of nitrogens with one attached hydrogen (secondary N) is 1. The van der Waals surface area contributed by atoms with Crippen molar-refractivity contribution < 1.29 is 19.4 Å². The number of hydrogen-bond acceptors (Lipinski definition) is 3. The van der Waals surface area contributed by atoms with Crippen molar-refractivity contribution in [2.75, 3.05) is 11.9 Å². The first-order valence-corrected chi connectivity index (χ1v) is 7.13. The lowest BCUT2D eigenvalue weighted by atomic mass is 10.1. The van der Waals surface area contributed by atoms with Gasteiger partial charge in [0, 0.05) is 5.69 Å². The van der Waals surface area contributed by atoms with E-state index in [1.54, 1.807) is 12.1 Å². The number of rotatable bonds is 8. The highest BCUT2D eigenvalue weighted by atomic mass is 16.5. The Morgan fingerprint density at radius 3 is 2.62 bits per heavy atom. The first kappa shape index (κ1) is 17.2. The molecule has 0 aliphatic rings. The van der Waals surface area contributed by atoms with Crippen molar-refractivity contribution in [3.05, 3.63) is 29.8 Å². The normalized spacial score (nSPS) is 12.2. The fourth-order valence-electron chi connectivity index (χ4n) is 2.04. The predicted molar refractivity (Wildman–Crippen MR) is 81.5 cm³/mol. The third-order valence-electron chi connectivity index (χ3n) is 2.93. The lowest BCUT2D eigenvalue weighted by Crippen LogP contribution is -2.18. The number of carboxylic acids is 1. The second-order valence-electron chi connectivity index (χ2n) is 5.50. The molecule has 0 fully saturated rings. The third kappa shape index (κ3) is 6.90. The van der Waals surface area contributed by atoms with Gasteiger partial charge in [-0.15, -0.1) is 0 Å². The Balaban J connectivity index is 2.37. The summed E-state index contributed by atoms with van der Waals surface area (Å²) < 4.78 is 5.57. The summed E-state index contributed by atoms with van der Waals surface area (Å²) in [6.45, 7) is 6.61. The van der Waals surface area contributed by atoms with Crippen molar-refractivity contribution >= 4 is 17.6 Å². The Morgan fingerprint density at radius 2 is 2.00 bits per heavy atom. The molecule has 0 heterocycles. The van der Waals surface area contributed by atoms with Gasteiger partial charge in [-0.3, -0.25) is 4.79 Å². The molecule has 5 nitrogen and oxygen atoms in total. The molecule has 0 bridgehead atoms. The highest BCUT2D eigenvalue weighted by Crippen LogP contribution is 2.11. The first-order valence-electron chi connectivity index (χ1n) is 7.13. The van der Waals surface area contributed by atoms with Gasteiger partial charge in [-0.05, 0) is 37.5 Å². The Kier molecular flexibility index (Phi) is 6.88. The number of hydrogen-bond donors (Lipinski definition) is 2. The minimum Gasteiger partial charge on any atom is -0.478 e. The van der Waals surface area contributed by atoms with E-state index in [1.807, 2.05) is 6.92 Å². The van der Waals surface area contributed by atoms with Crippen LogP contribution in [0.25, 0.3) is 0 Å². The zero-order valence-electron chi connectivity index (χ0n) is 12.8. The molecule has 0 aliphatic carbocycles. The lowest BCUT2D eigenvalue weighted by Gasteiger charge is -2.15. The van der Waals surface area contributed by atoms with Crippen LogP contribution in [-0.2, 0) is 9.53 Å². The van der Waals surface area contributed by atoms with Crippen LogP contribution in [0.1, 0.15) is 44.0 Å². The van der Waals surface area contributed by atoms with Crippen LogP contribution in [0.5, 0.6) is 0 Å². The van der Waals surface area contributed by atoms with E-state index in [0.29, 0.717) is 18.2 Å². The zero-order valence-corrected chi connectivity index (χ0v) is 12.8. The van der Waals surface area contributed by atoms with Crippen LogP contribution in [0.4, 0.5) is 5.69 Å². The van der Waals surface area contributed by atoms with Gasteiger partial charge in [0.2, 0.25) is 5.91 Å². The van der Waals surface area contributed by atoms with E-state index >= 15 is 0 Å². The van der Waals surface area contributed by atoms with E-state index in [1.165, 1.54) is 12.1 Å². The number of benzene rings is 1. The van der Waals surface area contributed by atoms with Crippen LogP contribution in [0, 0.1) is 5.92 Å². The molecule has 0 spiro atoms. The minimum atomic E-state index is -1.02. The molecule has 0 saturated heterocycles. The van der Waals surface area contributed by atoms with Gasteiger partial charge in [-0.25, -0.2) is 4.79 Å². The molecule has 1 aromatic carbocycles. The molecular weight excluding hydrogens is 270 g/mol. The highest BCUT2D eigenvalue weighted by Gasteiger charge is 2.08. The monoisotopic (exact) mass is 293 g/mol. The van der Waals surface area contributed by atoms with E-state index in [-0.39, 0.29) is 24.0 Å². The molecule has 0 aromatic heterocycles. The number of carbonyl (C=O) groups is 2. The maximum atomic E-state index is 11.8. The van der Waals surface area contributed by atoms with Crippen molar-refractivity contribution in [2.45, 2.75) is 39.7 Å². The number of carbonyl (C=O) groups excluding carboxylic acids is 1. The number of carboxylic acid groups (broad SMARTS) is 1. The smallest absolute Gasteiger partial charge is 0.335 e. The van der Waals surface area contributed by atoms with E-state index in [0.717, 1.165) is 6.42 Å². The van der Waals surface area contributed by atoms with Crippen LogP contribution in [-0.4, -0.2) is 29.7 Å². The zero-order chi connectivity index (χ0) is 15.8. The number of ether oxygens (including phenoxy) is 1. The summed E-state index contributed by atoms with van der Waals surface area (Å²) in [6, 6.07) is 6.17. The molecule has 116 valence electrons. The molecule has 1 unspecified atom stereocenters. The van der Waals surface area contributed by atoms with Gasteiger partial charge in [-0.2, -0.15) is 0 Å². The van der Waals surface area contributed by atoms with E-state index < -0.39 is 5.97 Å². The second kappa shape index (κ2) is 8.42. The number of amides is 1. The Hall–Kier alpha value is -1.88. The second-order valence-corrected chi connectivity index (χ2v) is 5.50. The van der Waals surface area contributed by atoms with Gasteiger partial charge in [0.1, 0.15) is 0 Å². The minimum absolute atomic E-state index is 0.133. The SMILES string of the molecule is CC(C)CC(C)OCCC(=O)Nc1cccc(C(=O)O)c1. The summed E-state index contributed by atoms with van der Waals surface area (Å²) in [7, 11) is 0. The highest BCUT2D eigenvalue weighted by molar-refractivity contribution is 5.93. The molecule has 1 aromatic rings. The standard InChI is InChI=1S/C16H23NO4/c1-11(2)9-12(3)21-8-7-15(18)17-14-6-4-5-13(10-14)16(19)20/h4-6,10-12H,7-9H2,1-3H3,(H,17,18)(H,19,20). The van der Waals surface area contributed by atoms with Crippen molar-refractivity contribution in [3.63, 3.8) is 0 Å². The first-order chi connectivity index (χ1) is 9.88. The van der Waals surface area contributed by atoms with Crippen molar-refractivity contribution in [1.29, 1.82) is 0 Å². The summed E-state index contributed by atoms with van der Waals surface area (Å²) >= 11 is 0. The predicted octanol–water partition coefficient (Wildman–Crippen LogP) is 3.16. The quantitative estimate of drug-likeness (QED) is 0.772. The lowest BCUT2D eigenvalue weighted by molar-refractivity contribution is -0.117. The van der Waals surface area contributed by atoms with Gasteiger partial charge in [0.15, 0.2) is 0 Å². The Morgan fingerprint density at radius 1 is 1.29 bits per heavy atom. The summed E-state index contributed by atoms with van der Waals surface area (Å²) in [4.78, 5) is 22.6. The van der Waals surface area contributed by atoms with Crippen LogP contribution >= 0.6 is 0 Å². The molecule has 0 aliphatic heterocycles. The number of aromatic carboxylic acids is 1. The molecule has 0 radical (unpaired) electrons. The average molecular weight is 293 g/mol. The van der Waals surface area contributed by atoms with Crippen molar-refractivity contribution in [1.82, 2.24) is 0 Å². The molecule has 1 rings (SSSR count). The maximum absolute atomic E-state index is 11.8. The Labute approximate surface area is 125 Å². The van der Waals surface area contributed by atoms with E-state index in [2.05, 4.69) is 19.2 Å². The molecular formula is C16H23NO4. The van der Waals surface area contributed by atoms with Gasteiger partial charge in [-0.1, -0.05) is 19.9 Å². The molecule has 5 heteroatoms. The summed E-state index contributed by atoms with van der Waals surface area (Å²) in [5.74, 6) is -0.640. The average Bonchev–Trinajstić information content (AvgIpc) is 2.37. The van der Waals surface area contributed by atoms with Crippen LogP contribution in [0.3, 0.4) is 0 Å². The third-order valence-corrected chi connectivity index (χ3v) is 2.93. The Bertz CT molecular complexity index is 485. The maximum Gasteiger partial charge on any atom is 0.335 e. The fraction of sp³-hybridized carbons (Fsp3) is 0.500. The molecule has 1 amide bonds. The molecule has 1 atom stereocenters. The largest absolute Gasteiger partial charge is 0.478 e. The van der Waals surface area contributed by atoms with Gasteiger partial charge < -0.3 is 15.2 Å².